The number of Topliss-reactive ketones (excluding diaryl/α,β-unsaturated/α-hetero) is 1. The molecule has 0 fully saturated rings. The van der Waals surface area contributed by atoms with Gasteiger partial charge in [0.15, 0.2) is 5.78 Å². The fourth-order valence-electron chi connectivity index (χ4n) is 1.16. The van der Waals surface area contributed by atoms with Crippen LogP contribution in [0.25, 0.3) is 0 Å². The van der Waals surface area contributed by atoms with Crippen LogP contribution in [0.15, 0.2) is 18.2 Å². The molecule has 0 bridgehead atoms. The Morgan fingerprint density at radius 3 is 2.40 bits per heavy atom. The lowest BCUT2D eigenvalue weighted by Crippen LogP contribution is -2.12. The first-order valence-electron chi connectivity index (χ1n) is 3.98. The first-order chi connectivity index (χ1) is 6.86. The molecule has 1 aromatic rings. The summed E-state index contributed by atoms with van der Waals surface area (Å²) in [5.74, 6) is -0.674. The van der Waals surface area contributed by atoms with Gasteiger partial charge in [-0.25, -0.2) is 0 Å². The van der Waals surface area contributed by atoms with Crippen LogP contribution in [0.4, 0.5) is 18.9 Å². The lowest BCUT2D eigenvalue weighted by Gasteiger charge is -2.12. The minimum Gasteiger partial charge on any atom is -0.294 e. The smallest absolute Gasteiger partial charge is 0.294 e. The highest BCUT2D eigenvalue weighted by molar-refractivity contribution is 5.96. The predicted octanol–water partition coefficient (Wildman–Crippen LogP) is 2.71. The first kappa shape index (κ1) is 11.5. The summed E-state index contributed by atoms with van der Waals surface area (Å²) in [5.41, 5.74) is -0.000267. The van der Waals surface area contributed by atoms with Gasteiger partial charge < -0.3 is 0 Å². The van der Waals surface area contributed by atoms with E-state index in [4.69, 9.17) is 5.21 Å². The molecule has 0 heterocycles. The number of anilines is 1. The Morgan fingerprint density at radius 1 is 1.40 bits per heavy atom. The van der Waals surface area contributed by atoms with Crippen molar-refractivity contribution in [3.05, 3.63) is 29.3 Å². The molecular formula is C9H8F3NO2. The summed E-state index contributed by atoms with van der Waals surface area (Å²) in [6.07, 6.45) is -4.62. The Balaban J connectivity index is 3.36. The topological polar surface area (TPSA) is 49.3 Å². The molecule has 0 saturated heterocycles. The molecule has 82 valence electrons. The first-order valence-corrected chi connectivity index (χ1v) is 3.98. The largest absolute Gasteiger partial charge is 0.417 e. The number of alkyl halides is 3. The van der Waals surface area contributed by atoms with Gasteiger partial charge in [0.25, 0.3) is 0 Å². The molecule has 0 radical (unpaired) electrons. The molecule has 0 amide bonds. The number of carbonyl (C=O) groups is 1. The van der Waals surface area contributed by atoms with Crippen molar-refractivity contribution < 1.29 is 23.2 Å². The Morgan fingerprint density at radius 2 is 2.00 bits per heavy atom. The molecule has 3 nitrogen and oxygen atoms in total. The third-order valence-corrected chi connectivity index (χ3v) is 1.83. The summed E-state index contributed by atoms with van der Waals surface area (Å²) in [6, 6.07) is 2.88. The van der Waals surface area contributed by atoms with Crippen molar-refractivity contribution in [1.29, 1.82) is 0 Å². The van der Waals surface area contributed by atoms with Crippen molar-refractivity contribution >= 4 is 11.5 Å². The number of hydrogen-bond donors (Lipinski definition) is 2. The summed E-state index contributed by atoms with van der Waals surface area (Å²) < 4.78 is 37.4. The minimum atomic E-state index is -4.62. The number of nitrogens with one attached hydrogen (secondary N) is 1. The van der Waals surface area contributed by atoms with Gasteiger partial charge in [0, 0.05) is 5.56 Å². The number of rotatable bonds is 2. The van der Waals surface area contributed by atoms with E-state index < -0.39 is 23.1 Å². The molecule has 0 spiro atoms. The molecular weight excluding hydrogens is 211 g/mol. The summed E-state index contributed by atoms with van der Waals surface area (Å²) in [5, 5.41) is 8.45. The highest BCUT2D eigenvalue weighted by atomic mass is 19.4. The summed E-state index contributed by atoms with van der Waals surface area (Å²) in [7, 11) is 0. The Kier molecular flexibility index (Phi) is 2.99. The van der Waals surface area contributed by atoms with Gasteiger partial charge in [0.1, 0.15) is 0 Å². The number of benzene rings is 1. The average molecular weight is 219 g/mol. The fourth-order valence-corrected chi connectivity index (χ4v) is 1.16. The van der Waals surface area contributed by atoms with Gasteiger partial charge in [0.2, 0.25) is 0 Å². The quantitative estimate of drug-likeness (QED) is 0.593. The van der Waals surface area contributed by atoms with E-state index in [1.165, 1.54) is 6.07 Å². The number of halogens is 3. The lowest BCUT2D eigenvalue weighted by atomic mass is 10.0. The van der Waals surface area contributed by atoms with Gasteiger partial charge in [0.05, 0.1) is 11.3 Å². The lowest BCUT2D eigenvalue weighted by molar-refractivity contribution is -0.137. The SMILES string of the molecule is CC(=O)c1ccc(NO)cc1C(F)(F)F. The summed E-state index contributed by atoms with van der Waals surface area (Å²) in [6.45, 7) is 1.05. The number of carbonyl (C=O) groups excluding carboxylic acids is 1. The molecule has 0 aromatic heterocycles. The molecule has 1 aromatic carbocycles. The Labute approximate surface area is 83.5 Å². The van der Waals surface area contributed by atoms with Gasteiger partial charge in [-0.15, -0.1) is 0 Å². The molecule has 0 aliphatic rings. The van der Waals surface area contributed by atoms with Crippen LogP contribution >= 0.6 is 0 Å². The second-order valence-corrected chi connectivity index (χ2v) is 2.93. The van der Waals surface area contributed by atoms with Crippen molar-refractivity contribution in [2.24, 2.45) is 0 Å². The van der Waals surface area contributed by atoms with Crippen LogP contribution in [0.2, 0.25) is 0 Å². The van der Waals surface area contributed by atoms with Crippen molar-refractivity contribution in [2.45, 2.75) is 13.1 Å². The standard InChI is InChI=1S/C9H8F3NO2/c1-5(14)7-3-2-6(13-15)4-8(7)9(10,11)12/h2-4,13,15H,1H3. The molecule has 0 aliphatic carbocycles. The van der Waals surface area contributed by atoms with Crippen molar-refractivity contribution in [3.8, 4) is 0 Å². The third-order valence-electron chi connectivity index (χ3n) is 1.83. The Hall–Kier alpha value is -1.56. The average Bonchev–Trinajstić information content (AvgIpc) is 2.15. The zero-order valence-corrected chi connectivity index (χ0v) is 7.72. The van der Waals surface area contributed by atoms with Crippen molar-refractivity contribution in [3.63, 3.8) is 0 Å². The maximum absolute atomic E-state index is 12.5. The zero-order valence-electron chi connectivity index (χ0n) is 7.72. The second-order valence-electron chi connectivity index (χ2n) is 2.93. The Bertz CT molecular complexity index is 387. The molecule has 0 aliphatic heterocycles. The van der Waals surface area contributed by atoms with Crippen molar-refractivity contribution in [2.75, 3.05) is 5.48 Å². The van der Waals surface area contributed by atoms with E-state index in [9.17, 15) is 18.0 Å². The molecule has 0 unspecified atom stereocenters. The molecule has 2 N–H and O–H groups in total. The van der Waals surface area contributed by atoms with E-state index in [-0.39, 0.29) is 5.69 Å². The highest BCUT2D eigenvalue weighted by Crippen LogP contribution is 2.33. The molecule has 15 heavy (non-hydrogen) atoms. The maximum Gasteiger partial charge on any atom is 0.417 e. The zero-order chi connectivity index (χ0) is 11.6. The maximum atomic E-state index is 12.5. The van der Waals surface area contributed by atoms with E-state index >= 15 is 0 Å². The van der Waals surface area contributed by atoms with Crippen LogP contribution in [0.5, 0.6) is 0 Å². The van der Waals surface area contributed by atoms with Gasteiger partial charge >= 0.3 is 6.18 Å². The van der Waals surface area contributed by atoms with Gasteiger partial charge in [-0.1, -0.05) is 0 Å². The second kappa shape index (κ2) is 3.90. The number of hydrogen-bond acceptors (Lipinski definition) is 3. The van der Waals surface area contributed by atoms with Crippen LogP contribution in [0, 0.1) is 0 Å². The minimum absolute atomic E-state index is 0.118. The van der Waals surface area contributed by atoms with E-state index in [2.05, 4.69) is 0 Å². The van der Waals surface area contributed by atoms with Crippen LogP contribution in [-0.4, -0.2) is 11.0 Å². The predicted molar refractivity (Wildman–Crippen MR) is 46.9 cm³/mol. The number of ketones is 1. The molecule has 1 rings (SSSR count). The van der Waals surface area contributed by atoms with Crippen molar-refractivity contribution in [1.82, 2.24) is 0 Å². The summed E-state index contributed by atoms with van der Waals surface area (Å²) >= 11 is 0. The van der Waals surface area contributed by atoms with Gasteiger partial charge in [-0.2, -0.15) is 13.2 Å². The normalized spacial score (nSPS) is 11.3. The van der Waals surface area contributed by atoms with E-state index in [0.717, 1.165) is 13.0 Å². The summed E-state index contributed by atoms with van der Waals surface area (Å²) in [4.78, 5) is 10.9. The van der Waals surface area contributed by atoms with E-state index in [1.54, 1.807) is 5.48 Å². The highest BCUT2D eigenvalue weighted by Gasteiger charge is 2.34. The van der Waals surface area contributed by atoms with Gasteiger partial charge in [-0.3, -0.25) is 15.5 Å². The van der Waals surface area contributed by atoms with E-state index in [1.807, 2.05) is 0 Å². The molecule has 0 atom stereocenters. The molecule has 6 heteroatoms. The van der Waals surface area contributed by atoms with Crippen LogP contribution in [-0.2, 0) is 6.18 Å². The van der Waals surface area contributed by atoms with Gasteiger partial charge in [-0.05, 0) is 25.1 Å². The van der Waals surface area contributed by atoms with Crippen LogP contribution in [0.3, 0.4) is 0 Å². The monoisotopic (exact) mass is 219 g/mol. The van der Waals surface area contributed by atoms with E-state index in [0.29, 0.717) is 6.07 Å². The van der Waals surface area contributed by atoms with Crippen LogP contribution < -0.4 is 5.48 Å². The van der Waals surface area contributed by atoms with Crippen LogP contribution in [0.1, 0.15) is 22.8 Å². The fraction of sp³-hybridized carbons (Fsp3) is 0.222. The molecule has 0 saturated carbocycles. The third kappa shape index (κ3) is 2.47.